The van der Waals surface area contributed by atoms with Gasteiger partial charge < -0.3 is 38.6 Å². The monoisotopic (exact) mass is 414 g/mol. The zero-order chi connectivity index (χ0) is 16.1. The van der Waals surface area contributed by atoms with Gasteiger partial charge in [-0.05, 0) is 19.1 Å². The fraction of sp³-hybridized carbons (Fsp3) is 0.188. The molecule has 2 aromatic heterocycles. The van der Waals surface area contributed by atoms with Gasteiger partial charge in [-0.1, -0.05) is 24.3 Å². The molecule has 3 aromatic rings. The van der Waals surface area contributed by atoms with Crippen LogP contribution in [0.2, 0.25) is 0 Å². The van der Waals surface area contributed by atoms with Crippen molar-refractivity contribution in [1.82, 2.24) is 9.97 Å². The molecular formula is C16H18ClCuN3O4. The van der Waals surface area contributed by atoms with Gasteiger partial charge in [0.25, 0.3) is 0 Å². The molecule has 0 saturated carbocycles. The number of carbonyl (C=O) groups is 1. The molecule has 25 heavy (non-hydrogen) atoms. The molecule has 139 valence electrons. The normalized spacial score (nSPS) is 11.6. The molecule has 1 aromatic carbocycles. The van der Waals surface area contributed by atoms with Crippen LogP contribution in [0.5, 0.6) is 0 Å². The zero-order valence-corrected chi connectivity index (χ0v) is 14.9. The van der Waals surface area contributed by atoms with E-state index in [1.165, 1.54) is 6.92 Å². The molecule has 0 spiro atoms. The van der Waals surface area contributed by atoms with Crippen LogP contribution in [0.25, 0.3) is 21.8 Å². The third kappa shape index (κ3) is 6.55. The first kappa shape index (κ1) is 25.4. The van der Waals surface area contributed by atoms with Crippen molar-refractivity contribution in [2.75, 3.05) is 0 Å². The van der Waals surface area contributed by atoms with Crippen molar-refractivity contribution in [1.29, 1.82) is 0 Å². The number of benzene rings is 1. The number of aliphatic carboxylic acids is 1. The quantitative estimate of drug-likeness (QED) is 0.327. The molecule has 0 aliphatic rings. The van der Waals surface area contributed by atoms with Crippen LogP contribution in [0, 0.1) is 0 Å². The molecule has 2 atom stereocenters. The fourth-order valence-corrected chi connectivity index (χ4v) is 1.88. The standard InChI is InChI=1S/C12H8N2.C4H9NO3.ClH.Cu.H2O/c1-3-9-5-6-10-4-2-8-14-12(10)11(9)13-7-1;1-2(6)3(5)4(7)8;;;/h1-8H;2-3,6H,5H2,1H3,(H,7,8);1H;;1H2/q;;;+2;/p-2. The molecule has 5 N–H and O–H groups in total. The number of rotatable bonds is 2. The van der Waals surface area contributed by atoms with Crippen molar-refractivity contribution < 1.29 is 50.0 Å². The average Bonchev–Trinajstić information content (AvgIpc) is 2.54. The maximum absolute atomic E-state index is 9.74. The number of nitrogens with zero attached hydrogens (tertiary/aromatic N) is 2. The first-order chi connectivity index (χ1) is 10.5. The van der Waals surface area contributed by atoms with Gasteiger partial charge in [-0.15, -0.1) is 0 Å². The Kier molecular flexibility index (Phi) is 11.9. The van der Waals surface area contributed by atoms with Crippen LogP contribution in [-0.4, -0.2) is 38.7 Å². The number of carbonyl (C=O) groups excluding carboxylic acids is 1. The smallest absolute Gasteiger partial charge is 1.00 e. The summed E-state index contributed by atoms with van der Waals surface area (Å²) in [5, 5.41) is 20.5. The minimum Gasteiger partial charge on any atom is -1.00 e. The van der Waals surface area contributed by atoms with Crippen LogP contribution < -0.4 is 23.2 Å². The molecule has 2 heterocycles. The van der Waals surface area contributed by atoms with Crippen LogP contribution >= 0.6 is 0 Å². The summed E-state index contributed by atoms with van der Waals surface area (Å²) < 4.78 is 0. The van der Waals surface area contributed by atoms with E-state index in [-0.39, 0.29) is 35.0 Å². The SMILES string of the molecule is CC(O)C(N)C(=O)[O-].O.[Cl-].[Cu+2].c1cnc2c(c1)ccc1cccnc12. The van der Waals surface area contributed by atoms with E-state index < -0.39 is 18.1 Å². The van der Waals surface area contributed by atoms with E-state index in [1.807, 2.05) is 12.1 Å². The summed E-state index contributed by atoms with van der Waals surface area (Å²) in [6, 6.07) is 10.9. The molecule has 0 amide bonds. The molecule has 9 heteroatoms. The first-order valence-corrected chi connectivity index (χ1v) is 6.73. The number of aliphatic hydroxyl groups excluding tert-OH is 1. The van der Waals surface area contributed by atoms with Gasteiger partial charge in [0, 0.05) is 23.2 Å². The topological polar surface area (TPSA) is 144 Å². The summed E-state index contributed by atoms with van der Waals surface area (Å²) in [5.74, 6) is -1.43. The number of carboxylic acids is 1. The number of hydrogen-bond acceptors (Lipinski definition) is 6. The van der Waals surface area contributed by atoms with E-state index in [9.17, 15) is 9.90 Å². The van der Waals surface area contributed by atoms with E-state index in [0.29, 0.717) is 0 Å². The Morgan fingerprint density at radius 2 is 1.48 bits per heavy atom. The van der Waals surface area contributed by atoms with Gasteiger partial charge in [-0.25, -0.2) is 0 Å². The number of fused-ring (bicyclic) bond motifs is 3. The van der Waals surface area contributed by atoms with Crippen molar-refractivity contribution in [3.8, 4) is 0 Å². The minimum absolute atomic E-state index is 0. The van der Waals surface area contributed by atoms with E-state index >= 15 is 0 Å². The van der Waals surface area contributed by atoms with Crippen molar-refractivity contribution in [2.45, 2.75) is 19.1 Å². The van der Waals surface area contributed by atoms with E-state index in [0.717, 1.165) is 21.8 Å². The molecule has 3 rings (SSSR count). The molecule has 7 nitrogen and oxygen atoms in total. The van der Waals surface area contributed by atoms with E-state index in [4.69, 9.17) is 10.8 Å². The Morgan fingerprint density at radius 1 is 1.08 bits per heavy atom. The molecule has 0 aliphatic heterocycles. The van der Waals surface area contributed by atoms with Gasteiger partial charge in [0.1, 0.15) is 0 Å². The number of carboxylic acid groups (broad SMARTS) is 1. The van der Waals surface area contributed by atoms with Gasteiger partial charge >= 0.3 is 17.1 Å². The summed E-state index contributed by atoms with van der Waals surface area (Å²) in [7, 11) is 0. The van der Waals surface area contributed by atoms with Crippen molar-refractivity contribution in [3.63, 3.8) is 0 Å². The average molecular weight is 415 g/mol. The van der Waals surface area contributed by atoms with Gasteiger partial charge in [-0.2, -0.15) is 0 Å². The summed E-state index contributed by atoms with van der Waals surface area (Å²) in [6.45, 7) is 1.29. The van der Waals surface area contributed by atoms with Gasteiger partial charge in [0.05, 0.1) is 29.1 Å². The van der Waals surface area contributed by atoms with Crippen LogP contribution in [0.3, 0.4) is 0 Å². The van der Waals surface area contributed by atoms with Crippen LogP contribution in [-0.2, 0) is 21.9 Å². The van der Waals surface area contributed by atoms with Crippen LogP contribution in [0.15, 0.2) is 48.8 Å². The number of aliphatic hydroxyl groups is 1. The largest absolute Gasteiger partial charge is 2.00 e. The first-order valence-electron chi connectivity index (χ1n) is 6.73. The molecule has 0 fully saturated rings. The van der Waals surface area contributed by atoms with E-state index in [2.05, 4.69) is 34.2 Å². The predicted octanol–water partition coefficient (Wildman–Crippen LogP) is -3.60. The summed E-state index contributed by atoms with van der Waals surface area (Å²) in [4.78, 5) is 18.4. The third-order valence-corrected chi connectivity index (χ3v) is 3.14. The maximum Gasteiger partial charge on any atom is 2.00 e. The molecule has 0 saturated heterocycles. The molecule has 1 radical (unpaired) electrons. The predicted molar refractivity (Wildman–Crippen MR) is 85.3 cm³/mol. The minimum atomic E-state index is -1.43. The summed E-state index contributed by atoms with van der Waals surface area (Å²) >= 11 is 0. The Labute approximate surface area is 161 Å². The number of halogens is 1. The third-order valence-electron chi connectivity index (χ3n) is 3.14. The van der Waals surface area contributed by atoms with Gasteiger partial charge in [0.15, 0.2) is 0 Å². The Bertz CT molecular complexity index is 750. The zero-order valence-electron chi connectivity index (χ0n) is 13.2. The van der Waals surface area contributed by atoms with Crippen molar-refractivity contribution >= 4 is 27.8 Å². The second-order valence-corrected chi connectivity index (χ2v) is 4.80. The Balaban J connectivity index is 0. The maximum atomic E-state index is 9.74. The second-order valence-electron chi connectivity index (χ2n) is 4.80. The molecule has 0 bridgehead atoms. The Morgan fingerprint density at radius 3 is 1.76 bits per heavy atom. The van der Waals surface area contributed by atoms with Crippen molar-refractivity contribution in [2.24, 2.45) is 5.73 Å². The number of nitrogens with two attached hydrogens (primary N) is 1. The Hall–Kier alpha value is -1.80. The summed E-state index contributed by atoms with van der Waals surface area (Å²) in [5.41, 5.74) is 6.80. The fourth-order valence-electron chi connectivity index (χ4n) is 1.88. The molecule has 0 aliphatic carbocycles. The number of hydrogen-bond donors (Lipinski definition) is 2. The number of aromatic nitrogens is 2. The van der Waals surface area contributed by atoms with Crippen LogP contribution in [0.1, 0.15) is 6.92 Å². The molecular weight excluding hydrogens is 397 g/mol. The van der Waals surface area contributed by atoms with Crippen molar-refractivity contribution in [3.05, 3.63) is 48.8 Å². The number of pyridine rings is 2. The van der Waals surface area contributed by atoms with E-state index in [1.54, 1.807) is 12.4 Å². The van der Waals surface area contributed by atoms with Gasteiger partial charge in [0.2, 0.25) is 0 Å². The van der Waals surface area contributed by atoms with Crippen LogP contribution in [0.4, 0.5) is 0 Å². The van der Waals surface area contributed by atoms with Gasteiger partial charge in [-0.3, -0.25) is 9.97 Å². The second kappa shape index (κ2) is 11.7. The summed E-state index contributed by atoms with van der Waals surface area (Å²) in [6.07, 6.45) is 2.56. The molecule has 2 unspecified atom stereocenters.